The highest BCUT2D eigenvalue weighted by Crippen LogP contribution is 2.27. The first-order chi connectivity index (χ1) is 8.15. The molecule has 0 spiro atoms. The van der Waals surface area contributed by atoms with Crippen LogP contribution in [0.3, 0.4) is 0 Å². The molecule has 0 N–H and O–H groups in total. The molecular weight excluding hydrogens is 218 g/mol. The van der Waals surface area contributed by atoms with Crippen LogP contribution in [0.4, 0.5) is 8.78 Å². The molecule has 2 rings (SSSR count). The van der Waals surface area contributed by atoms with Gasteiger partial charge in [0.15, 0.2) is 11.6 Å². The third kappa shape index (κ3) is 3.30. The smallest absolute Gasteiger partial charge is 0.160 e. The Balaban J connectivity index is 2.03. The molecule has 1 fully saturated rings. The molecule has 0 nitrogen and oxygen atoms in total. The van der Waals surface area contributed by atoms with Crippen LogP contribution in [-0.4, -0.2) is 0 Å². The van der Waals surface area contributed by atoms with E-state index in [0.717, 1.165) is 30.9 Å². The molecule has 0 amide bonds. The van der Waals surface area contributed by atoms with E-state index in [4.69, 9.17) is 0 Å². The van der Waals surface area contributed by atoms with Crippen molar-refractivity contribution in [2.24, 2.45) is 11.8 Å². The summed E-state index contributed by atoms with van der Waals surface area (Å²) < 4.78 is 25.7. The zero-order valence-electron chi connectivity index (χ0n) is 9.97. The SMILES string of the molecule is C[C@H]1CC[C@H](C#Cc2ccc(F)c(F)c2)CC1. The number of hydrogen-bond acceptors (Lipinski definition) is 0. The lowest BCUT2D eigenvalue weighted by Gasteiger charge is -2.21. The van der Waals surface area contributed by atoms with Gasteiger partial charge in [0.2, 0.25) is 0 Å². The summed E-state index contributed by atoms with van der Waals surface area (Å²) in [6, 6.07) is 3.81. The molecule has 90 valence electrons. The van der Waals surface area contributed by atoms with Crippen molar-refractivity contribution in [1.29, 1.82) is 0 Å². The average Bonchev–Trinajstić information content (AvgIpc) is 2.33. The summed E-state index contributed by atoms with van der Waals surface area (Å²) in [7, 11) is 0. The largest absolute Gasteiger partial charge is 0.204 e. The van der Waals surface area contributed by atoms with Crippen LogP contribution in [0, 0.1) is 35.3 Å². The Morgan fingerprint density at radius 3 is 2.41 bits per heavy atom. The van der Waals surface area contributed by atoms with Gasteiger partial charge in [0.05, 0.1) is 0 Å². The minimum Gasteiger partial charge on any atom is -0.204 e. The first-order valence-electron chi connectivity index (χ1n) is 6.12. The van der Waals surface area contributed by atoms with E-state index < -0.39 is 11.6 Å². The van der Waals surface area contributed by atoms with Crippen LogP contribution >= 0.6 is 0 Å². The Hall–Kier alpha value is -1.36. The summed E-state index contributed by atoms with van der Waals surface area (Å²) in [5, 5.41) is 0. The summed E-state index contributed by atoms with van der Waals surface area (Å²) in [6.07, 6.45) is 4.68. The van der Waals surface area contributed by atoms with Crippen molar-refractivity contribution in [3.05, 3.63) is 35.4 Å². The van der Waals surface area contributed by atoms with Crippen molar-refractivity contribution >= 4 is 0 Å². The van der Waals surface area contributed by atoms with E-state index in [9.17, 15) is 8.78 Å². The number of halogens is 2. The van der Waals surface area contributed by atoms with Crippen LogP contribution < -0.4 is 0 Å². The lowest BCUT2D eigenvalue weighted by molar-refractivity contribution is 0.337. The first kappa shape index (κ1) is 12.1. The summed E-state index contributed by atoms with van der Waals surface area (Å²) in [4.78, 5) is 0. The minimum atomic E-state index is -0.825. The average molecular weight is 234 g/mol. The zero-order chi connectivity index (χ0) is 12.3. The van der Waals surface area contributed by atoms with Crippen LogP contribution in [0.1, 0.15) is 38.2 Å². The van der Waals surface area contributed by atoms with E-state index in [2.05, 4.69) is 18.8 Å². The molecule has 0 aromatic heterocycles. The summed E-state index contributed by atoms with van der Waals surface area (Å²) in [6.45, 7) is 2.26. The van der Waals surface area contributed by atoms with Crippen LogP contribution in [-0.2, 0) is 0 Å². The van der Waals surface area contributed by atoms with Crippen LogP contribution in [0.15, 0.2) is 18.2 Å². The van der Waals surface area contributed by atoms with Crippen molar-refractivity contribution < 1.29 is 8.78 Å². The van der Waals surface area contributed by atoms with Crippen LogP contribution in [0.2, 0.25) is 0 Å². The maximum absolute atomic E-state index is 13.0. The Bertz CT molecular complexity index is 446. The fourth-order valence-corrected chi connectivity index (χ4v) is 2.16. The number of hydrogen-bond donors (Lipinski definition) is 0. The summed E-state index contributed by atoms with van der Waals surface area (Å²) in [5.74, 6) is 5.68. The zero-order valence-corrected chi connectivity index (χ0v) is 9.97. The number of rotatable bonds is 0. The molecule has 0 radical (unpaired) electrons. The Kier molecular flexibility index (Phi) is 3.78. The fraction of sp³-hybridized carbons (Fsp3) is 0.467. The monoisotopic (exact) mass is 234 g/mol. The van der Waals surface area contributed by atoms with Gasteiger partial charge in [0.25, 0.3) is 0 Å². The van der Waals surface area contributed by atoms with Crippen molar-refractivity contribution in [3.63, 3.8) is 0 Å². The van der Waals surface area contributed by atoms with E-state index >= 15 is 0 Å². The molecule has 0 heterocycles. The van der Waals surface area contributed by atoms with Gasteiger partial charge in [-0.15, -0.1) is 0 Å². The highest BCUT2D eigenvalue weighted by Gasteiger charge is 2.15. The molecule has 1 saturated carbocycles. The van der Waals surface area contributed by atoms with Gasteiger partial charge in [-0.1, -0.05) is 18.8 Å². The molecule has 17 heavy (non-hydrogen) atoms. The van der Waals surface area contributed by atoms with Gasteiger partial charge >= 0.3 is 0 Å². The van der Waals surface area contributed by atoms with Crippen molar-refractivity contribution in [3.8, 4) is 11.8 Å². The van der Waals surface area contributed by atoms with E-state index in [1.807, 2.05) is 0 Å². The molecule has 1 aliphatic rings. The topological polar surface area (TPSA) is 0 Å². The molecule has 2 heteroatoms. The standard InChI is InChI=1S/C15H16F2/c1-11-2-4-12(5-3-11)6-7-13-8-9-14(16)15(17)10-13/h8-12H,2-5H2,1H3/t11-,12-. The molecule has 0 saturated heterocycles. The lowest BCUT2D eigenvalue weighted by atomic mass is 9.83. The number of benzene rings is 1. The van der Waals surface area contributed by atoms with Crippen LogP contribution in [0.25, 0.3) is 0 Å². The van der Waals surface area contributed by atoms with Gasteiger partial charge in [-0.05, 0) is 49.8 Å². The van der Waals surface area contributed by atoms with Gasteiger partial charge in [-0.25, -0.2) is 8.78 Å². The van der Waals surface area contributed by atoms with Gasteiger partial charge in [0.1, 0.15) is 0 Å². The highest BCUT2D eigenvalue weighted by atomic mass is 19.2. The van der Waals surface area contributed by atoms with Crippen molar-refractivity contribution in [2.45, 2.75) is 32.6 Å². The Labute approximate surface area is 101 Å². The molecule has 0 atom stereocenters. The van der Waals surface area contributed by atoms with E-state index in [0.29, 0.717) is 11.5 Å². The third-order valence-corrected chi connectivity index (χ3v) is 3.36. The lowest BCUT2D eigenvalue weighted by Crippen LogP contribution is -2.10. The molecule has 0 aliphatic heterocycles. The summed E-state index contributed by atoms with van der Waals surface area (Å²) in [5.41, 5.74) is 0.558. The fourth-order valence-electron chi connectivity index (χ4n) is 2.16. The van der Waals surface area contributed by atoms with Crippen LogP contribution in [0.5, 0.6) is 0 Å². The maximum atomic E-state index is 13.0. The summed E-state index contributed by atoms with van der Waals surface area (Å²) >= 11 is 0. The molecular formula is C15H16F2. The predicted octanol–water partition coefficient (Wildman–Crippen LogP) is 4.14. The second-order valence-electron chi connectivity index (χ2n) is 4.86. The third-order valence-electron chi connectivity index (χ3n) is 3.36. The Morgan fingerprint density at radius 1 is 1.06 bits per heavy atom. The first-order valence-corrected chi connectivity index (χ1v) is 6.12. The molecule has 0 bridgehead atoms. The Morgan fingerprint density at radius 2 is 1.76 bits per heavy atom. The highest BCUT2D eigenvalue weighted by molar-refractivity contribution is 5.35. The molecule has 1 aliphatic carbocycles. The molecule has 1 aromatic rings. The van der Waals surface area contributed by atoms with Crippen molar-refractivity contribution in [2.75, 3.05) is 0 Å². The van der Waals surface area contributed by atoms with E-state index in [-0.39, 0.29) is 0 Å². The quantitative estimate of drug-likeness (QED) is 0.592. The maximum Gasteiger partial charge on any atom is 0.160 e. The van der Waals surface area contributed by atoms with E-state index in [1.54, 1.807) is 0 Å². The van der Waals surface area contributed by atoms with E-state index in [1.165, 1.54) is 18.9 Å². The van der Waals surface area contributed by atoms with Gasteiger partial charge in [-0.3, -0.25) is 0 Å². The van der Waals surface area contributed by atoms with Crippen molar-refractivity contribution in [1.82, 2.24) is 0 Å². The van der Waals surface area contributed by atoms with Gasteiger partial charge in [-0.2, -0.15) is 0 Å². The second kappa shape index (κ2) is 5.31. The van der Waals surface area contributed by atoms with Gasteiger partial charge < -0.3 is 0 Å². The molecule has 1 aromatic carbocycles. The minimum absolute atomic E-state index is 0.416. The van der Waals surface area contributed by atoms with Gasteiger partial charge in [0, 0.05) is 11.5 Å². The second-order valence-corrected chi connectivity index (χ2v) is 4.86. The molecule has 0 unspecified atom stereocenters. The predicted molar refractivity (Wildman–Crippen MR) is 64.4 cm³/mol. The normalized spacial score (nSPS) is 23.9.